The van der Waals surface area contributed by atoms with Crippen molar-refractivity contribution in [3.05, 3.63) is 34.1 Å². The Kier molecular flexibility index (Phi) is 7.03. The predicted molar refractivity (Wildman–Crippen MR) is 79.2 cm³/mol. The van der Waals surface area contributed by atoms with E-state index in [9.17, 15) is 9.18 Å². The highest BCUT2D eigenvalue weighted by Crippen LogP contribution is 2.16. The number of halogens is 3. The molecule has 0 unspecified atom stereocenters. The first kappa shape index (κ1) is 14.9. The molecule has 0 spiro atoms. The van der Waals surface area contributed by atoms with Crippen molar-refractivity contribution < 1.29 is 9.18 Å². The van der Waals surface area contributed by atoms with Gasteiger partial charge in [0.15, 0.2) is 0 Å². The molecule has 1 aromatic rings. The van der Waals surface area contributed by atoms with Crippen molar-refractivity contribution in [2.75, 3.05) is 11.0 Å². The minimum absolute atomic E-state index is 0.153. The van der Waals surface area contributed by atoms with Gasteiger partial charge in [-0.3, -0.25) is 4.79 Å². The van der Waals surface area contributed by atoms with Gasteiger partial charge in [0.25, 0.3) is 5.91 Å². The second kappa shape index (κ2) is 8.02. The average molecular weight is 414 g/mol. The summed E-state index contributed by atoms with van der Waals surface area (Å²) in [4.78, 5) is 11.7. The predicted octanol–water partition coefficient (Wildman–Crippen LogP) is 3.92. The topological polar surface area (TPSA) is 29.1 Å². The molecule has 1 rings (SSSR count). The van der Waals surface area contributed by atoms with Crippen molar-refractivity contribution in [3.63, 3.8) is 0 Å². The van der Waals surface area contributed by atoms with Gasteiger partial charge in [0.1, 0.15) is 5.82 Å². The van der Waals surface area contributed by atoms with E-state index in [-0.39, 0.29) is 11.7 Å². The number of hydrogen-bond donors (Lipinski definition) is 1. The molecule has 0 aromatic heterocycles. The molecule has 0 radical (unpaired) electrons. The van der Waals surface area contributed by atoms with Crippen LogP contribution in [0.5, 0.6) is 0 Å². The average Bonchev–Trinajstić information content (AvgIpc) is 2.32. The summed E-state index contributed by atoms with van der Waals surface area (Å²) >= 11 is 5.40. The van der Waals surface area contributed by atoms with Gasteiger partial charge in [-0.2, -0.15) is 0 Å². The van der Waals surface area contributed by atoms with Crippen molar-refractivity contribution in [3.8, 4) is 0 Å². The van der Waals surface area contributed by atoms with Crippen LogP contribution in [0.2, 0.25) is 0 Å². The first-order valence-electron chi connectivity index (χ1n) is 5.44. The molecule has 94 valence electrons. The minimum Gasteiger partial charge on any atom is -0.352 e. The lowest BCUT2D eigenvalue weighted by atomic mass is 10.2. The van der Waals surface area contributed by atoms with Crippen molar-refractivity contribution in [2.45, 2.75) is 19.3 Å². The molecule has 0 aliphatic rings. The van der Waals surface area contributed by atoms with Gasteiger partial charge in [-0.1, -0.05) is 29.0 Å². The SMILES string of the molecule is O=C(NCCCCCI)c1ccc(F)c(Br)c1. The van der Waals surface area contributed by atoms with E-state index in [0.717, 1.165) is 17.3 Å². The van der Waals surface area contributed by atoms with Crippen LogP contribution in [0.4, 0.5) is 4.39 Å². The summed E-state index contributed by atoms with van der Waals surface area (Å²) in [5, 5.41) is 2.82. The second-order valence-corrected chi connectivity index (χ2v) is 5.57. The Hall–Kier alpha value is -0.170. The Morgan fingerprint density at radius 2 is 2.12 bits per heavy atom. The number of amides is 1. The summed E-state index contributed by atoms with van der Waals surface area (Å²) in [5.74, 6) is -0.510. The maximum Gasteiger partial charge on any atom is 0.251 e. The van der Waals surface area contributed by atoms with Crippen molar-refractivity contribution in [1.82, 2.24) is 5.32 Å². The van der Waals surface area contributed by atoms with E-state index in [1.165, 1.54) is 24.6 Å². The Labute approximate surface area is 123 Å². The van der Waals surface area contributed by atoms with Crippen LogP contribution in [0.25, 0.3) is 0 Å². The molecule has 1 N–H and O–H groups in total. The van der Waals surface area contributed by atoms with Crippen LogP contribution >= 0.6 is 38.5 Å². The Balaban J connectivity index is 2.39. The molecule has 0 saturated heterocycles. The molecule has 0 aliphatic carbocycles. The number of unbranched alkanes of at least 4 members (excludes halogenated alkanes) is 2. The number of carbonyl (C=O) groups excluding carboxylic acids is 1. The van der Waals surface area contributed by atoms with Gasteiger partial charge in [0.2, 0.25) is 0 Å². The quantitative estimate of drug-likeness (QED) is 0.427. The lowest BCUT2D eigenvalue weighted by Crippen LogP contribution is -2.24. The van der Waals surface area contributed by atoms with E-state index in [1.807, 2.05) is 0 Å². The molecular weight excluding hydrogens is 400 g/mol. The van der Waals surface area contributed by atoms with E-state index >= 15 is 0 Å². The fraction of sp³-hybridized carbons (Fsp3) is 0.417. The Bertz CT molecular complexity index is 387. The number of rotatable bonds is 6. The van der Waals surface area contributed by atoms with E-state index in [2.05, 4.69) is 43.8 Å². The smallest absolute Gasteiger partial charge is 0.251 e. The molecule has 0 aliphatic heterocycles. The highest BCUT2D eigenvalue weighted by molar-refractivity contribution is 14.1. The fourth-order valence-corrected chi connectivity index (χ4v) is 2.26. The first-order chi connectivity index (χ1) is 8.15. The first-order valence-corrected chi connectivity index (χ1v) is 7.76. The van der Waals surface area contributed by atoms with Crippen LogP contribution in [0.3, 0.4) is 0 Å². The molecule has 5 heteroatoms. The van der Waals surface area contributed by atoms with E-state index in [1.54, 1.807) is 0 Å². The molecule has 1 aromatic carbocycles. The van der Waals surface area contributed by atoms with Gasteiger partial charge in [-0.25, -0.2) is 4.39 Å². The summed E-state index contributed by atoms with van der Waals surface area (Å²) < 4.78 is 14.4. The zero-order valence-corrected chi connectivity index (χ0v) is 13.1. The number of alkyl halides is 1. The normalized spacial score (nSPS) is 10.3. The van der Waals surface area contributed by atoms with Gasteiger partial charge in [-0.05, 0) is 51.4 Å². The molecule has 2 nitrogen and oxygen atoms in total. The highest BCUT2D eigenvalue weighted by atomic mass is 127. The van der Waals surface area contributed by atoms with Gasteiger partial charge in [0, 0.05) is 12.1 Å². The third kappa shape index (κ3) is 5.33. The van der Waals surface area contributed by atoms with Crippen LogP contribution in [-0.4, -0.2) is 16.9 Å². The van der Waals surface area contributed by atoms with Gasteiger partial charge >= 0.3 is 0 Å². The molecular formula is C12H14BrFINO. The number of carbonyl (C=O) groups is 1. The van der Waals surface area contributed by atoms with E-state index in [0.29, 0.717) is 16.6 Å². The number of nitrogens with one attached hydrogen (secondary N) is 1. The summed E-state index contributed by atoms with van der Waals surface area (Å²) in [6.07, 6.45) is 3.28. The maximum atomic E-state index is 13.0. The van der Waals surface area contributed by atoms with Gasteiger partial charge in [-0.15, -0.1) is 0 Å². The summed E-state index contributed by atoms with van der Waals surface area (Å²) in [6, 6.07) is 4.27. The Morgan fingerprint density at radius 1 is 1.35 bits per heavy atom. The molecule has 0 bridgehead atoms. The third-order valence-corrected chi connectivity index (χ3v) is 3.65. The molecule has 0 atom stereocenters. The largest absolute Gasteiger partial charge is 0.352 e. The zero-order valence-electron chi connectivity index (χ0n) is 9.31. The summed E-state index contributed by atoms with van der Waals surface area (Å²) in [7, 11) is 0. The van der Waals surface area contributed by atoms with Gasteiger partial charge in [0.05, 0.1) is 4.47 Å². The molecule has 0 saturated carbocycles. The third-order valence-electron chi connectivity index (χ3n) is 2.28. The standard InChI is InChI=1S/C12H14BrFINO/c13-10-8-9(4-5-11(10)14)12(17)16-7-3-1-2-6-15/h4-5,8H,1-3,6-7H2,(H,16,17). The van der Waals surface area contributed by atoms with E-state index < -0.39 is 0 Å². The highest BCUT2D eigenvalue weighted by Gasteiger charge is 2.07. The fourth-order valence-electron chi connectivity index (χ4n) is 1.34. The van der Waals surface area contributed by atoms with Crippen LogP contribution in [-0.2, 0) is 0 Å². The Morgan fingerprint density at radius 3 is 2.76 bits per heavy atom. The van der Waals surface area contributed by atoms with E-state index in [4.69, 9.17) is 0 Å². The van der Waals surface area contributed by atoms with Crippen LogP contribution in [0.15, 0.2) is 22.7 Å². The molecule has 0 heterocycles. The lowest BCUT2D eigenvalue weighted by molar-refractivity contribution is 0.0953. The molecule has 1 amide bonds. The summed E-state index contributed by atoms with van der Waals surface area (Å²) in [6.45, 7) is 0.671. The van der Waals surface area contributed by atoms with Crippen molar-refractivity contribution in [2.24, 2.45) is 0 Å². The number of benzene rings is 1. The maximum absolute atomic E-state index is 13.0. The lowest BCUT2D eigenvalue weighted by Gasteiger charge is -2.05. The van der Waals surface area contributed by atoms with Crippen molar-refractivity contribution in [1.29, 1.82) is 0 Å². The minimum atomic E-state index is -0.358. The van der Waals surface area contributed by atoms with Crippen LogP contribution in [0.1, 0.15) is 29.6 Å². The zero-order chi connectivity index (χ0) is 12.7. The monoisotopic (exact) mass is 413 g/mol. The molecule has 17 heavy (non-hydrogen) atoms. The number of hydrogen-bond acceptors (Lipinski definition) is 1. The summed E-state index contributed by atoms with van der Waals surface area (Å²) in [5.41, 5.74) is 0.479. The van der Waals surface area contributed by atoms with Crippen molar-refractivity contribution >= 4 is 44.4 Å². The second-order valence-electron chi connectivity index (χ2n) is 3.63. The van der Waals surface area contributed by atoms with Crippen LogP contribution < -0.4 is 5.32 Å². The molecule has 0 fully saturated rings. The van der Waals surface area contributed by atoms with Crippen LogP contribution in [0, 0.1) is 5.82 Å². The van der Waals surface area contributed by atoms with Gasteiger partial charge < -0.3 is 5.32 Å².